The highest BCUT2D eigenvalue weighted by Crippen LogP contribution is 2.53. The standard InChI is InChI=1S/C24H24ClN3O4/c1-32-11-5-10-28-21(29)19-18(12-14-6-3-2-4-7-14)27-24(20(19)22(28)30)16-13-15(25)8-9-17(16)26-23(24)31/h2-4,6-9,13,18-20,27H,5,10-12H2,1H3,(H,26,31)/t18-,19-,20+,24-/m1/s1. The average molecular weight is 454 g/mol. The minimum Gasteiger partial charge on any atom is -0.385 e. The Morgan fingerprint density at radius 2 is 1.88 bits per heavy atom. The molecule has 0 aromatic heterocycles. The van der Waals surface area contributed by atoms with Crippen molar-refractivity contribution in [3.63, 3.8) is 0 Å². The van der Waals surface area contributed by atoms with E-state index in [4.69, 9.17) is 16.3 Å². The van der Waals surface area contributed by atoms with Crippen molar-refractivity contribution < 1.29 is 19.1 Å². The molecule has 0 saturated carbocycles. The van der Waals surface area contributed by atoms with Gasteiger partial charge in [-0.2, -0.15) is 0 Å². The van der Waals surface area contributed by atoms with Crippen LogP contribution in [0.1, 0.15) is 17.5 Å². The summed E-state index contributed by atoms with van der Waals surface area (Å²) in [5.74, 6) is -2.33. The van der Waals surface area contributed by atoms with E-state index in [1.807, 2.05) is 30.3 Å². The van der Waals surface area contributed by atoms with Crippen LogP contribution in [0.3, 0.4) is 0 Å². The third-order valence-electron chi connectivity index (χ3n) is 6.80. The van der Waals surface area contributed by atoms with Gasteiger partial charge in [0.05, 0.1) is 11.8 Å². The van der Waals surface area contributed by atoms with Crippen LogP contribution in [-0.4, -0.2) is 48.9 Å². The summed E-state index contributed by atoms with van der Waals surface area (Å²) in [7, 11) is 1.58. The van der Waals surface area contributed by atoms with Gasteiger partial charge in [0.2, 0.25) is 17.7 Å². The van der Waals surface area contributed by atoms with Gasteiger partial charge in [-0.15, -0.1) is 0 Å². The monoisotopic (exact) mass is 453 g/mol. The van der Waals surface area contributed by atoms with E-state index >= 15 is 0 Å². The smallest absolute Gasteiger partial charge is 0.250 e. The van der Waals surface area contributed by atoms with Crippen LogP contribution in [0.5, 0.6) is 0 Å². The summed E-state index contributed by atoms with van der Waals surface area (Å²) in [6.07, 6.45) is 1.07. The lowest BCUT2D eigenvalue weighted by Crippen LogP contribution is -2.53. The van der Waals surface area contributed by atoms with Crippen molar-refractivity contribution in [2.45, 2.75) is 24.4 Å². The number of methoxy groups -OCH3 is 1. The van der Waals surface area contributed by atoms with Gasteiger partial charge in [-0.25, -0.2) is 0 Å². The highest BCUT2D eigenvalue weighted by molar-refractivity contribution is 6.31. The Hall–Kier alpha value is -2.74. The van der Waals surface area contributed by atoms with E-state index in [9.17, 15) is 14.4 Å². The molecule has 1 spiro atoms. The van der Waals surface area contributed by atoms with Crippen molar-refractivity contribution in [1.82, 2.24) is 10.2 Å². The van der Waals surface area contributed by atoms with Crippen LogP contribution >= 0.6 is 11.6 Å². The molecule has 2 aromatic rings. The predicted octanol–water partition coefficient (Wildman–Crippen LogP) is 2.34. The molecule has 2 saturated heterocycles. The Labute approximate surface area is 191 Å². The largest absolute Gasteiger partial charge is 0.385 e. The summed E-state index contributed by atoms with van der Waals surface area (Å²) >= 11 is 6.28. The zero-order valence-corrected chi connectivity index (χ0v) is 18.4. The lowest BCUT2D eigenvalue weighted by atomic mass is 9.76. The molecule has 0 aliphatic carbocycles. The van der Waals surface area contributed by atoms with Gasteiger partial charge >= 0.3 is 0 Å². The zero-order valence-electron chi connectivity index (χ0n) is 17.6. The van der Waals surface area contributed by atoms with Crippen molar-refractivity contribution >= 4 is 35.0 Å². The summed E-state index contributed by atoms with van der Waals surface area (Å²) in [6, 6.07) is 14.6. The Bertz CT molecular complexity index is 1090. The molecule has 5 rings (SSSR count). The van der Waals surface area contributed by atoms with Crippen LogP contribution in [0.15, 0.2) is 48.5 Å². The molecule has 3 amide bonds. The van der Waals surface area contributed by atoms with Crippen molar-refractivity contribution in [2.75, 3.05) is 25.6 Å². The van der Waals surface area contributed by atoms with E-state index in [-0.39, 0.29) is 30.3 Å². The van der Waals surface area contributed by atoms with Crippen LogP contribution in [0.25, 0.3) is 0 Å². The van der Waals surface area contributed by atoms with Gasteiger partial charge in [-0.05, 0) is 36.6 Å². The number of halogens is 1. The fourth-order valence-corrected chi connectivity index (χ4v) is 5.64. The molecule has 2 N–H and O–H groups in total. The number of benzene rings is 2. The molecular formula is C24H24ClN3O4. The Kier molecular flexibility index (Phi) is 5.28. The van der Waals surface area contributed by atoms with Gasteiger partial charge < -0.3 is 10.1 Å². The molecule has 0 unspecified atom stereocenters. The normalized spacial score (nSPS) is 28.4. The summed E-state index contributed by atoms with van der Waals surface area (Å²) in [5.41, 5.74) is 0.945. The van der Waals surface area contributed by atoms with E-state index < -0.39 is 17.4 Å². The predicted molar refractivity (Wildman–Crippen MR) is 119 cm³/mol. The van der Waals surface area contributed by atoms with Gasteiger partial charge in [0, 0.05) is 42.6 Å². The minimum atomic E-state index is -1.33. The molecule has 2 aromatic carbocycles. The van der Waals surface area contributed by atoms with Crippen molar-refractivity contribution in [2.24, 2.45) is 11.8 Å². The summed E-state index contributed by atoms with van der Waals surface area (Å²) in [4.78, 5) is 41.8. The highest BCUT2D eigenvalue weighted by atomic mass is 35.5. The molecule has 8 heteroatoms. The number of carbonyl (C=O) groups excluding carboxylic acids is 3. The molecule has 2 fully saturated rings. The number of nitrogens with one attached hydrogen (secondary N) is 2. The Morgan fingerprint density at radius 1 is 1.09 bits per heavy atom. The molecular weight excluding hydrogens is 430 g/mol. The molecule has 0 bridgehead atoms. The summed E-state index contributed by atoms with van der Waals surface area (Å²) in [5, 5.41) is 6.80. The fourth-order valence-electron chi connectivity index (χ4n) is 5.46. The molecule has 0 radical (unpaired) electrons. The van der Waals surface area contributed by atoms with Crippen LogP contribution in [-0.2, 0) is 31.1 Å². The van der Waals surface area contributed by atoms with E-state index in [0.717, 1.165) is 5.56 Å². The maximum absolute atomic E-state index is 13.6. The first-order chi connectivity index (χ1) is 15.5. The molecule has 3 aliphatic rings. The summed E-state index contributed by atoms with van der Waals surface area (Å²) in [6.45, 7) is 0.721. The number of amides is 3. The quantitative estimate of drug-likeness (QED) is 0.518. The van der Waals surface area contributed by atoms with Crippen LogP contribution in [0.2, 0.25) is 5.02 Å². The van der Waals surface area contributed by atoms with E-state index in [1.165, 1.54) is 4.90 Å². The number of fused-ring (bicyclic) bond motifs is 4. The number of hydrogen-bond acceptors (Lipinski definition) is 5. The SMILES string of the molecule is COCCCN1C(=O)[C@H]2[C@@H](C1=O)[C@@]1(N[C@@H]2Cc2ccccc2)C(=O)Nc2ccc(Cl)cc21. The lowest BCUT2D eigenvalue weighted by molar-refractivity contribution is -0.143. The van der Waals surface area contributed by atoms with Crippen molar-refractivity contribution in [3.8, 4) is 0 Å². The summed E-state index contributed by atoms with van der Waals surface area (Å²) < 4.78 is 5.10. The number of nitrogens with zero attached hydrogens (tertiary/aromatic N) is 1. The maximum Gasteiger partial charge on any atom is 0.250 e. The lowest BCUT2D eigenvalue weighted by Gasteiger charge is -2.29. The van der Waals surface area contributed by atoms with Crippen LogP contribution < -0.4 is 10.6 Å². The van der Waals surface area contributed by atoms with Crippen molar-refractivity contribution in [1.29, 1.82) is 0 Å². The van der Waals surface area contributed by atoms with Gasteiger partial charge in [0.25, 0.3) is 0 Å². The molecule has 3 aliphatic heterocycles. The number of rotatable bonds is 6. The second kappa shape index (κ2) is 7.99. The van der Waals surface area contributed by atoms with Gasteiger partial charge in [0.15, 0.2) is 0 Å². The number of anilines is 1. The van der Waals surface area contributed by atoms with E-state index in [2.05, 4.69) is 10.6 Å². The number of imide groups is 1. The molecule has 7 nitrogen and oxygen atoms in total. The van der Waals surface area contributed by atoms with E-state index in [1.54, 1.807) is 25.3 Å². The minimum absolute atomic E-state index is 0.232. The Balaban J connectivity index is 1.59. The van der Waals surface area contributed by atoms with Gasteiger partial charge in [0.1, 0.15) is 5.54 Å². The molecule has 4 atom stereocenters. The van der Waals surface area contributed by atoms with E-state index in [0.29, 0.717) is 35.7 Å². The second-order valence-corrected chi connectivity index (χ2v) is 9.01. The third kappa shape index (κ3) is 3.07. The third-order valence-corrected chi connectivity index (χ3v) is 7.03. The molecule has 166 valence electrons. The highest BCUT2D eigenvalue weighted by Gasteiger charge is 2.70. The second-order valence-electron chi connectivity index (χ2n) is 8.57. The average Bonchev–Trinajstić information content (AvgIpc) is 3.35. The number of hydrogen-bond donors (Lipinski definition) is 2. The topological polar surface area (TPSA) is 87.7 Å². The maximum atomic E-state index is 13.6. The van der Waals surface area contributed by atoms with Crippen molar-refractivity contribution in [3.05, 3.63) is 64.7 Å². The van der Waals surface area contributed by atoms with Crippen LogP contribution in [0.4, 0.5) is 5.69 Å². The van der Waals surface area contributed by atoms with Crippen LogP contribution in [0, 0.1) is 11.8 Å². The molecule has 32 heavy (non-hydrogen) atoms. The first-order valence-electron chi connectivity index (χ1n) is 10.7. The fraction of sp³-hybridized carbons (Fsp3) is 0.375. The molecule has 3 heterocycles. The number of ether oxygens (including phenoxy) is 1. The van der Waals surface area contributed by atoms with Gasteiger partial charge in [-0.3, -0.25) is 24.6 Å². The Morgan fingerprint density at radius 3 is 2.62 bits per heavy atom. The zero-order chi connectivity index (χ0) is 22.5. The first-order valence-corrected chi connectivity index (χ1v) is 11.1. The van der Waals surface area contributed by atoms with Gasteiger partial charge in [-0.1, -0.05) is 41.9 Å². The number of likely N-dealkylation sites (tertiary alicyclic amines) is 1. The first kappa shape index (κ1) is 21.1. The number of carbonyl (C=O) groups is 3.